The zero-order valence-electron chi connectivity index (χ0n) is 14.7. The van der Waals surface area contributed by atoms with E-state index in [1.165, 1.54) is 5.56 Å². The molecule has 0 amide bonds. The first-order chi connectivity index (χ1) is 11.7. The van der Waals surface area contributed by atoms with Crippen LogP contribution in [0, 0.1) is 0 Å². The van der Waals surface area contributed by atoms with Crippen molar-refractivity contribution in [2.75, 3.05) is 26.9 Å². The number of ether oxygens (including phenoxy) is 3. The summed E-state index contributed by atoms with van der Waals surface area (Å²) in [6.07, 6.45) is 0.854. The Morgan fingerprint density at radius 2 is 1.71 bits per heavy atom. The summed E-state index contributed by atoms with van der Waals surface area (Å²) in [6.45, 7) is 5.72. The van der Waals surface area contributed by atoms with Crippen LogP contribution in [0.25, 0.3) is 0 Å². The van der Waals surface area contributed by atoms with Crippen LogP contribution in [-0.4, -0.2) is 26.9 Å². The van der Waals surface area contributed by atoms with Crippen molar-refractivity contribution in [3.63, 3.8) is 0 Å². The average Bonchev–Trinajstić information content (AvgIpc) is 2.62. The molecule has 0 aliphatic rings. The summed E-state index contributed by atoms with van der Waals surface area (Å²) in [6, 6.07) is 14.2. The molecule has 2 N–H and O–H groups in total. The lowest BCUT2D eigenvalue weighted by atomic mass is 9.91. The van der Waals surface area contributed by atoms with E-state index in [0.29, 0.717) is 19.8 Å². The van der Waals surface area contributed by atoms with Crippen LogP contribution in [0.2, 0.25) is 0 Å². The number of methoxy groups -OCH3 is 1. The number of rotatable bonds is 9. The highest BCUT2D eigenvalue weighted by atomic mass is 16.5. The van der Waals surface area contributed by atoms with E-state index in [-0.39, 0.29) is 5.92 Å². The van der Waals surface area contributed by atoms with Gasteiger partial charge in [0.15, 0.2) is 11.5 Å². The molecule has 2 aromatic carbocycles. The molecule has 0 saturated heterocycles. The first-order valence-electron chi connectivity index (χ1n) is 8.44. The van der Waals surface area contributed by atoms with E-state index in [4.69, 9.17) is 19.9 Å². The summed E-state index contributed by atoms with van der Waals surface area (Å²) in [5.74, 6) is 2.64. The molecule has 1 unspecified atom stereocenters. The molecular formula is C20H27NO3. The highest BCUT2D eigenvalue weighted by molar-refractivity contribution is 5.44. The summed E-state index contributed by atoms with van der Waals surface area (Å²) in [5.41, 5.74) is 8.41. The van der Waals surface area contributed by atoms with Gasteiger partial charge in [-0.05, 0) is 62.2 Å². The third-order valence-corrected chi connectivity index (χ3v) is 3.94. The fourth-order valence-electron chi connectivity index (χ4n) is 2.74. The number of hydrogen-bond donors (Lipinski definition) is 1. The third kappa shape index (κ3) is 4.65. The van der Waals surface area contributed by atoms with Gasteiger partial charge in [0.1, 0.15) is 5.75 Å². The largest absolute Gasteiger partial charge is 0.497 e. The normalized spacial score (nSPS) is 11.8. The number of nitrogens with two attached hydrogens (primary N) is 1. The van der Waals surface area contributed by atoms with Gasteiger partial charge in [0.2, 0.25) is 0 Å². The van der Waals surface area contributed by atoms with Crippen molar-refractivity contribution in [1.82, 2.24) is 0 Å². The van der Waals surface area contributed by atoms with Crippen LogP contribution in [0.1, 0.15) is 30.9 Å². The zero-order chi connectivity index (χ0) is 17.4. The van der Waals surface area contributed by atoms with Crippen molar-refractivity contribution in [1.29, 1.82) is 0 Å². The Hall–Kier alpha value is -2.20. The highest BCUT2D eigenvalue weighted by Gasteiger charge is 2.15. The second kappa shape index (κ2) is 9.18. The molecule has 2 rings (SSSR count). The fourth-order valence-corrected chi connectivity index (χ4v) is 2.74. The van der Waals surface area contributed by atoms with E-state index >= 15 is 0 Å². The molecule has 0 fully saturated rings. The maximum absolute atomic E-state index is 6.04. The SMILES string of the molecule is CCOc1ccc(C(CN)Cc2cccc(OC)c2)cc1OCC. The molecule has 0 aromatic heterocycles. The van der Waals surface area contributed by atoms with Crippen LogP contribution >= 0.6 is 0 Å². The van der Waals surface area contributed by atoms with E-state index < -0.39 is 0 Å². The van der Waals surface area contributed by atoms with Crippen molar-refractivity contribution in [2.24, 2.45) is 5.73 Å². The first kappa shape index (κ1) is 18.1. The van der Waals surface area contributed by atoms with Crippen LogP contribution in [0.3, 0.4) is 0 Å². The van der Waals surface area contributed by atoms with Gasteiger partial charge in [-0.25, -0.2) is 0 Å². The van der Waals surface area contributed by atoms with Crippen LogP contribution in [0.15, 0.2) is 42.5 Å². The Bertz CT molecular complexity index is 643. The second-order valence-electron chi connectivity index (χ2n) is 5.56. The lowest BCUT2D eigenvalue weighted by molar-refractivity contribution is 0.287. The Morgan fingerprint density at radius 3 is 2.38 bits per heavy atom. The molecular weight excluding hydrogens is 302 g/mol. The van der Waals surface area contributed by atoms with Gasteiger partial charge in [-0.2, -0.15) is 0 Å². The second-order valence-corrected chi connectivity index (χ2v) is 5.56. The van der Waals surface area contributed by atoms with E-state index in [1.54, 1.807) is 7.11 Å². The van der Waals surface area contributed by atoms with Crippen LogP contribution in [0.5, 0.6) is 17.2 Å². The Kier molecular flexibility index (Phi) is 6.94. The topological polar surface area (TPSA) is 53.7 Å². The standard InChI is InChI=1S/C20H27NO3/c1-4-23-19-10-9-16(13-20(19)24-5-2)17(14-21)11-15-7-6-8-18(12-15)22-3/h6-10,12-13,17H,4-5,11,14,21H2,1-3H3. The van der Waals surface area contributed by atoms with Crippen molar-refractivity contribution >= 4 is 0 Å². The molecule has 0 heterocycles. The third-order valence-electron chi connectivity index (χ3n) is 3.94. The first-order valence-corrected chi connectivity index (χ1v) is 8.44. The van der Waals surface area contributed by atoms with Gasteiger partial charge < -0.3 is 19.9 Å². The highest BCUT2D eigenvalue weighted by Crippen LogP contribution is 2.32. The summed E-state index contributed by atoms with van der Waals surface area (Å²) in [4.78, 5) is 0. The molecule has 24 heavy (non-hydrogen) atoms. The average molecular weight is 329 g/mol. The van der Waals surface area contributed by atoms with Crippen LogP contribution < -0.4 is 19.9 Å². The molecule has 0 spiro atoms. The maximum atomic E-state index is 6.04. The molecule has 0 aliphatic carbocycles. The zero-order valence-corrected chi connectivity index (χ0v) is 14.7. The molecule has 4 heteroatoms. The summed E-state index contributed by atoms with van der Waals surface area (Å²) in [7, 11) is 1.68. The predicted octanol–water partition coefficient (Wildman–Crippen LogP) is 3.78. The molecule has 0 radical (unpaired) electrons. The quantitative estimate of drug-likeness (QED) is 0.761. The predicted molar refractivity (Wildman–Crippen MR) is 97.3 cm³/mol. The molecule has 0 bridgehead atoms. The molecule has 1 atom stereocenters. The molecule has 0 aliphatic heterocycles. The van der Waals surface area contributed by atoms with E-state index in [1.807, 2.05) is 38.1 Å². The Balaban J connectivity index is 2.24. The maximum Gasteiger partial charge on any atom is 0.161 e. The van der Waals surface area contributed by atoms with E-state index in [9.17, 15) is 0 Å². The summed E-state index contributed by atoms with van der Waals surface area (Å²) < 4.78 is 16.7. The summed E-state index contributed by atoms with van der Waals surface area (Å²) >= 11 is 0. The van der Waals surface area contributed by atoms with Gasteiger partial charge >= 0.3 is 0 Å². The van der Waals surface area contributed by atoms with Gasteiger partial charge in [0.05, 0.1) is 20.3 Å². The van der Waals surface area contributed by atoms with Crippen molar-refractivity contribution in [2.45, 2.75) is 26.2 Å². The smallest absolute Gasteiger partial charge is 0.161 e. The van der Waals surface area contributed by atoms with Gasteiger partial charge in [-0.3, -0.25) is 0 Å². The lowest BCUT2D eigenvalue weighted by Gasteiger charge is -2.18. The van der Waals surface area contributed by atoms with Gasteiger partial charge in [-0.15, -0.1) is 0 Å². The Morgan fingerprint density at radius 1 is 0.958 bits per heavy atom. The number of hydrogen-bond acceptors (Lipinski definition) is 4. The molecule has 4 nitrogen and oxygen atoms in total. The Labute approximate surface area is 144 Å². The minimum Gasteiger partial charge on any atom is -0.497 e. The molecule has 0 saturated carbocycles. The lowest BCUT2D eigenvalue weighted by Crippen LogP contribution is -2.15. The van der Waals surface area contributed by atoms with Crippen molar-refractivity contribution < 1.29 is 14.2 Å². The minimum absolute atomic E-state index is 0.215. The molecule has 130 valence electrons. The van der Waals surface area contributed by atoms with Crippen LogP contribution in [-0.2, 0) is 6.42 Å². The summed E-state index contributed by atoms with van der Waals surface area (Å²) in [5, 5.41) is 0. The number of benzene rings is 2. The monoisotopic (exact) mass is 329 g/mol. The van der Waals surface area contributed by atoms with Gasteiger partial charge in [0.25, 0.3) is 0 Å². The van der Waals surface area contributed by atoms with Gasteiger partial charge in [-0.1, -0.05) is 18.2 Å². The van der Waals surface area contributed by atoms with Gasteiger partial charge in [0, 0.05) is 5.92 Å². The van der Waals surface area contributed by atoms with E-state index in [0.717, 1.165) is 29.2 Å². The van der Waals surface area contributed by atoms with Crippen molar-refractivity contribution in [3.05, 3.63) is 53.6 Å². The van der Waals surface area contributed by atoms with E-state index in [2.05, 4.69) is 18.2 Å². The molecule has 2 aromatic rings. The fraction of sp³-hybridized carbons (Fsp3) is 0.400. The van der Waals surface area contributed by atoms with Crippen LogP contribution in [0.4, 0.5) is 0 Å². The minimum atomic E-state index is 0.215. The van der Waals surface area contributed by atoms with Crippen molar-refractivity contribution in [3.8, 4) is 17.2 Å².